The summed E-state index contributed by atoms with van der Waals surface area (Å²) in [6.07, 6.45) is 0. The maximum Gasteiger partial charge on any atom is 0.129 e. The first-order chi connectivity index (χ1) is 10.0. The molecule has 0 saturated carbocycles. The van der Waals surface area contributed by atoms with Gasteiger partial charge < -0.3 is 10.1 Å². The number of hydrogen-bond acceptors (Lipinski definition) is 2. The number of halogens is 3. The topological polar surface area (TPSA) is 21.3 Å². The first-order valence-electron chi connectivity index (χ1n) is 6.51. The van der Waals surface area contributed by atoms with E-state index in [0.29, 0.717) is 12.1 Å². The van der Waals surface area contributed by atoms with Crippen LogP contribution in [0.2, 0.25) is 0 Å². The molecule has 21 heavy (non-hydrogen) atoms. The van der Waals surface area contributed by atoms with Crippen LogP contribution in [0.25, 0.3) is 0 Å². The smallest absolute Gasteiger partial charge is 0.129 e. The van der Waals surface area contributed by atoms with Crippen molar-refractivity contribution in [2.24, 2.45) is 0 Å². The second-order valence-corrected chi connectivity index (χ2v) is 6.60. The molecule has 0 aliphatic rings. The lowest BCUT2D eigenvalue weighted by molar-refractivity contribution is 0.294. The van der Waals surface area contributed by atoms with E-state index in [-0.39, 0.29) is 12.4 Å². The second-order valence-electron chi connectivity index (χ2n) is 4.77. The molecule has 0 aliphatic carbocycles. The molecule has 0 heterocycles. The van der Waals surface area contributed by atoms with Gasteiger partial charge >= 0.3 is 0 Å². The second kappa shape index (κ2) is 7.38. The van der Waals surface area contributed by atoms with Crippen LogP contribution in [0.1, 0.15) is 16.7 Å². The molecule has 2 rings (SSSR count). The molecule has 0 aliphatic heterocycles. The summed E-state index contributed by atoms with van der Waals surface area (Å²) in [6.45, 7) is 2.87. The average molecular weight is 417 g/mol. The van der Waals surface area contributed by atoms with E-state index in [1.807, 2.05) is 26.1 Å². The molecular weight excluding hydrogens is 401 g/mol. The fourth-order valence-electron chi connectivity index (χ4n) is 2.13. The van der Waals surface area contributed by atoms with Crippen molar-refractivity contribution < 1.29 is 9.13 Å². The number of benzene rings is 2. The third-order valence-corrected chi connectivity index (χ3v) is 4.01. The highest BCUT2D eigenvalue weighted by Crippen LogP contribution is 2.29. The van der Waals surface area contributed by atoms with Crippen molar-refractivity contribution in [3.63, 3.8) is 0 Å². The average Bonchev–Trinajstić information content (AvgIpc) is 2.41. The summed E-state index contributed by atoms with van der Waals surface area (Å²) >= 11 is 6.83. The first kappa shape index (κ1) is 16.5. The minimum atomic E-state index is -0.261. The summed E-state index contributed by atoms with van der Waals surface area (Å²) in [6, 6.07) is 8.85. The number of rotatable bonds is 5. The highest BCUT2D eigenvalue weighted by Gasteiger charge is 2.10. The molecule has 0 bridgehead atoms. The highest BCUT2D eigenvalue weighted by molar-refractivity contribution is 9.10. The molecule has 0 spiro atoms. The Morgan fingerprint density at radius 3 is 2.52 bits per heavy atom. The van der Waals surface area contributed by atoms with Crippen molar-refractivity contribution in [2.45, 2.75) is 20.1 Å². The predicted octanol–water partition coefficient (Wildman–Crippen LogP) is 4.96. The number of nitrogens with one attached hydrogen (secondary N) is 1. The molecule has 0 atom stereocenters. The number of aryl methyl sites for hydroxylation is 1. The predicted molar refractivity (Wildman–Crippen MR) is 90.1 cm³/mol. The zero-order valence-corrected chi connectivity index (χ0v) is 15.0. The zero-order chi connectivity index (χ0) is 15.4. The summed E-state index contributed by atoms with van der Waals surface area (Å²) in [5.74, 6) is 0.537. The minimum Gasteiger partial charge on any atom is -0.488 e. The van der Waals surface area contributed by atoms with E-state index in [4.69, 9.17) is 4.74 Å². The summed E-state index contributed by atoms with van der Waals surface area (Å²) in [5, 5.41) is 3.12. The van der Waals surface area contributed by atoms with E-state index in [2.05, 4.69) is 37.2 Å². The molecule has 5 heteroatoms. The van der Waals surface area contributed by atoms with Gasteiger partial charge in [0.2, 0.25) is 0 Å². The molecule has 2 aromatic carbocycles. The SMILES string of the molecule is CNCc1cc(Br)cc(C)c1OCc1cc(Br)ccc1F. The van der Waals surface area contributed by atoms with Crippen molar-refractivity contribution in [3.8, 4) is 5.75 Å². The maximum absolute atomic E-state index is 13.8. The molecule has 0 fully saturated rings. The van der Waals surface area contributed by atoms with E-state index in [0.717, 1.165) is 25.8 Å². The summed E-state index contributed by atoms with van der Waals surface area (Å²) in [4.78, 5) is 0. The van der Waals surface area contributed by atoms with Gasteiger partial charge in [-0.1, -0.05) is 31.9 Å². The third-order valence-electron chi connectivity index (χ3n) is 3.06. The van der Waals surface area contributed by atoms with Gasteiger partial charge in [0.15, 0.2) is 0 Å². The molecule has 0 radical (unpaired) electrons. The Labute approximate surface area is 141 Å². The van der Waals surface area contributed by atoms with Crippen molar-refractivity contribution in [3.05, 3.63) is 61.8 Å². The van der Waals surface area contributed by atoms with E-state index in [1.54, 1.807) is 12.1 Å². The Bertz CT molecular complexity index is 646. The van der Waals surface area contributed by atoms with Crippen LogP contribution in [0.3, 0.4) is 0 Å². The Hall–Kier alpha value is -0.910. The van der Waals surface area contributed by atoms with Gasteiger partial charge in [-0.05, 0) is 49.9 Å². The fourth-order valence-corrected chi connectivity index (χ4v) is 3.16. The van der Waals surface area contributed by atoms with Gasteiger partial charge in [0.25, 0.3) is 0 Å². The van der Waals surface area contributed by atoms with Gasteiger partial charge in [0.1, 0.15) is 18.2 Å². The molecule has 2 aromatic rings. The van der Waals surface area contributed by atoms with Crippen LogP contribution in [0.5, 0.6) is 5.75 Å². The molecule has 1 N–H and O–H groups in total. The Balaban J connectivity index is 2.25. The Morgan fingerprint density at radius 2 is 1.81 bits per heavy atom. The lowest BCUT2D eigenvalue weighted by Gasteiger charge is -2.15. The quantitative estimate of drug-likeness (QED) is 0.743. The van der Waals surface area contributed by atoms with Crippen molar-refractivity contribution in [1.82, 2.24) is 5.32 Å². The maximum atomic E-state index is 13.8. The Kier molecular flexibility index (Phi) is 5.79. The minimum absolute atomic E-state index is 0.199. The van der Waals surface area contributed by atoms with Gasteiger partial charge in [-0.25, -0.2) is 4.39 Å². The van der Waals surface area contributed by atoms with E-state index >= 15 is 0 Å². The van der Waals surface area contributed by atoms with Gasteiger partial charge in [-0.2, -0.15) is 0 Å². The van der Waals surface area contributed by atoms with Gasteiger partial charge in [-0.15, -0.1) is 0 Å². The molecule has 112 valence electrons. The molecule has 2 nitrogen and oxygen atoms in total. The molecule has 0 amide bonds. The monoisotopic (exact) mass is 415 g/mol. The van der Waals surface area contributed by atoms with Crippen LogP contribution in [-0.4, -0.2) is 7.05 Å². The van der Waals surface area contributed by atoms with E-state index in [1.165, 1.54) is 6.07 Å². The van der Waals surface area contributed by atoms with Crippen LogP contribution in [0.4, 0.5) is 4.39 Å². The summed E-state index contributed by atoms with van der Waals surface area (Å²) in [5.41, 5.74) is 2.59. The molecular formula is C16H16Br2FNO. The van der Waals surface area contributed by atoms with Crippen LogP contribution in [0, 0.1) is 12.7 Å². The van der Waals surface area contributed by atoms with Crippen LogP contribution in [-0.2, 0) is 13.2 Å². The number of hydrogen-bond donors (Lipinski definition) is 1. The highest BCUT2D eigenvalue weighted by atomic mass is 79.9. The zero-order valence-electron chi connectivity index (χ0n) is 11.8. The van der Waals surface area contributed by atoms with E-state index < -0.39 is 0 Å². The van der Waals surface area contributed by atoms with Gasteiger partial charge in [0.05, 0.1) is 0 Å². The lowest BCUT2D eigenvalue weighted by atomic mass is 10.1. The van der Waals surface area contributed by atoms with Crippen LogP contribution >= 0.6 is 31.9 Å². The van der Waals surface area contributed by atoms with Crippen molar-refractivity contribution in [1.29, 1.82) is 0 Å². The van der Waals surface area contributed by atoms with Gasteiger partial charge in [0, 0.05) is 26.6 Å². The third kappa shape index (κ3) is 4.28. The normalized spacial score (nSPS) is 10.7. The summed E-state index contributed by atoms with van der Waals surface area (Å²) in [7, 11) is 1.88. The lowest BCUT2D eigenvalue weighted by Crippen LogP contribution is -2.09. The van der Waals surface area contributed by atoms with Crippen LogP contribution in [0.15, 0.2) is 39.3 Å². The standard InChI is InChI=1S/C16H16Br2FNO/c1-10-5-14(18)6-11(8-20-2)16(10)21-9-12-7-13(17)3-4-15(12)19/h3-7,20H,8-9H2,1-2H3. The molecule has 0 saturated heterocycles. The van der Waals surface area contributed by atoms with E-state index in [9.17, 15) is 4.39 Å². The summed E-state index contributed by atoms with van der Waals surface area (Å²) < 4.78 is 21.5. The van der Waals surface area contributed by atoms with Crippen molar-refractivity contribution >= 4 is 31.9 Å². The molecule has 0 aromatic heterocycles. The fraction of sp³-hybridized carbons (Fsp3) is 0.250. The molecule has 0 unspecified atom stereocenters. The van der Waals surface area contributed by atoms with Crippen LogP contribution < -0.4 is 10.1 Å². The van der Waals surface area contributed by atoms with Crippen molar-refractivity contribution in [2.75, 3.05) is 7.05 Å². The number of ether oxygens (including phenoxy) is 1. The Morgan fingerprint density at radius 1 is 1.10 bits per heavy atom. The largest absolute Gasteiger partial charge is 0.488 e. The van der Waals surface area contributed by atoms with Gasteiger partial charge in [-0.3, -0.25) is 0 Å². The first-order valence-corrected chi connectivity index (χ1v) is 8.10.